The summed E-state index contributed by atoms with van der Waals surface area (Å²) in [5.41, 5.74) is 6.89. The van der Waals surface area contributed by atoms with Crippen molar-refractivity contribution in [2.45, 2.75) is 37.6 Å². The summed E-state index contributed by atoms with van der Waals surface area (Å²) in [7, 11) is 0. The van der Waals surface area contributed by atoms with E-state index in [1.165, 1.54) is 12.0 Å². The largest absolute Gasteiger partial charge is 0.354 e. The van der Waals surface area contributed by atoms with Gasteiger partial charge in [-0.05, 0) is 37.5 Å². The maximum Gasteiger partial charge on any atom is 0.236 e. The summed E-state index contributed by atoms with van der Waals surface area (Å²) >= 11 is 5.91. The molecule has 18 heavy (non-hydrogen) atoms. The van der Waals surface area contributed by atoms with Gasteiger partial charge in [-0.1, -0.05) is 30.2 Å². The van der Waals surface area contributed by atoms with Gasteiger partial charge in [0.05, 0.1) is 6.04 Å². The van der Waals surface area contributed by atoms with Gasteiger partial charge >= 0.3 is 0 Å². The van der Waals surface area contributed by atoms with Crippen LogP contribution in [0.5, 0.6) is 0 Å². The Morgan fingerprint density at radius 3 is 2.50 bits per heavy atom. The van der Waals surface area contributed by atoms with E-state index < -0.39 is 6.04 Å². The van der Waals surface area contributed by atoms with Gasteiger partial charge in [-0.15, -0.1) is 0 Å². The van der Waals surface area contributed by atoms with Gasteiger partial charge in [0.2, 0.25) is 5.91 Å². The van der Waals surface area contributed by atoms with E-state index in [2.05, 4.69) is 17.4 Å². The highest BCUT2D eigenvalue weighted by Gasteiger charge is 2.38. The zero-order valence-electron chi connectivity index (χ0n) is 10.6. The first-order chi connectivity index (χ1) is 8.53. The monoisotopic (exact) mass is 266 g/mol. The van der Waals surface area contributed by atoms with Gasteiger partial charge in [0.25, 0.3) is 0 Å². The maximum atomic E-state index is 11.6. The number of rotatable bonds is 4. The number of carbonyl (C=O) groups excluding carboxylic acids is 1. The fourth-order valence-corrected chi connectivity index (χ4v) is 2.52. The Kier molecular flexibility index (Phi) is 3.93. The quantitative estimate of drug-likeness (QED) is 0.878. The van der Waals surface area contributed by atoms with Crippen molar-refractivity contribution < 1.29 is 4.79 Å². The molecule has 0 aromatic heterocycles. The lowest BCUT2D eigenvalue weighted by atomic mass is 9.64. The molecule has 1 aromatic carbocycles. The van der Waals surface area contributed by atoms with E-state index >= 15 is 0 Å². The highest BCUT2D eigenvalue weighted by atomic mass is 35.5. The van der Waals surface area contributed by atoms with Crippen LogP contribution in [0.1, 0.15) is 31.7 Å². The summed E-state index contributed by atoms with van der Waals surface area (Å²) in [6.07, 6.45) is 3.42. The van der Waals surface area contributed by atoms with Crippen LogP contribution in [-0.2, 0) is 10.2 Å². The summed E-state index contributed by atoms with van der Waals surface area (Å²) < 4.78 is 0. The van der Waals surface area contributed by atoms with E-state index in [9.17, 15) is 4.79 Å². The fraction of sp³-hybridized carbons (Fsp3) is 0.500. The lowest BCUT2D eigenvalue weighted by Crippen LogP contribution is -2.49. The number of halogens is 1. The maximum absolute atomic E-state index is 11.6. The van der Waals surface area contributed by atoms with Crippen molar-refractivity contribution in [2.75, 3.05) is 6.54 Å². The number of amides is 1. The third kappa shape index (κ3) is 2.68. The predicted molar refractivity (Wildman–Crippen MR) is 73.6 cm³/mol. The second-order valence-corrected chi connectivity index (χ2v) is 5.58. The van der Waals surface area contributed by atoms with Crippen LogP contribution >= 0.6 is 11.6 Å². The van der Waals surface area contributed by atoms with E-state index in [1.807, 2.05) is 12.1 Å². The van der Waals surface area contributed by atoms with Crippen molar-refractivity contribution in [1.82, 2.24) is 5.32 Å². The SMILES string of the molecule is CC(N)C(=O)NCC1(c2ccc(Cl)cc2)CCC1. The summed E-state index contributed by atoms with van der Waals surface area (Å²) in [6.45, 7) is 2.36. The van der Waals surface area contributed by atoms with Gasteiger partial charge in [0.15, 0.2) is 0 Å². The fourth-order valence-electron chi connectivity index (χ4n) is 2.39. The Balaban J connectivity index is 2.07. The third-order valence-corrected chi connectivity index (χ3v) is 4.03. The molecule has 0 aliphatic heterocycles. The van der Waals surface area contributed by atoms with Gasteiger partial charge in [-0.2, -0.15) is 0 Å². The van der Waals surface area contributed by atoms with Crippen LogP contribution in [-0.4, -0.2) is 18.5 Å². The molecule has 1 unspecified atom stereocenters. The standard InChI is InChI=1S/C14H19ClN2O/c1-10(16)13(18)17-9-14(7-2-8-14)11-3-5-12(15)6-4-11/h3-6,10H,2,7-9,16H2,1H3,(H,17,18). The van der Waals surface area contributed by atoms with Crippen molar-refractivity contribution in [3.8, 4) is 0 Å². The van der Waals surface area contributed by atoms with E-state index in [0.717, 1.165) is 17.9 Å². The molecule has 0 spiro atoms. The summed E-state index contributed by atoms with van der Waals surface area (Å²) in [5.74, 6) is -0.0877. The van der Waals surface area contributed by atoms with Gasteiger partial charge in [0, 0.05) is 17.0 Å². The molecule has 2 rings (SSSR count). The Morgan fingerprint density at radius 2 is 2.06 bits per heavy atom. The van der Waals surface area contributed by atoms with Gasteiger partial charge < -0.3 is 11.1 Å². The molecule has 0 bridgehead atoms. The van der Waals surface area contributed by atoms with E-state index in [0.29, 0.717) is 6.54 Å². The lowest BCUT2D eigenvalue weighted by molar-refractivity contribution is -0.122. The van der Waals surface area contributed by atoms with Crippen LogP contribution in [0.3, 0.4) is 0 Å². The molecule has 4 heteroatoms. The molecule has 0 saturated heterocycles. The van der Waals surface area contributed by atoms with Crippen molar-refractivity contribution >= 4 is 17.5 Å². The van der Waals surface area contributed by atoms with Crippen molar-refractivity contribution in [1.29, 1.82) is 0 Å². The first-order valence-corrected chi connectivity index (χ1v) is 6.71. The van der Waals surface area contributed by atoms with Crippen molar-refractivity contribution in [3.05, 3.63) is 34.9 Å². The number of nitrogens with one attached hydrogen (secondary N) is 1. The van der Waals surface area contributed by atoms with Crippen LogP contribution in [0.2, 0.25) is 5.02 Å². The molecule has 0 radical (unpaired) electrons. The average molecular weight is 267 g/mol. The minimum absolute atomic E-state index is 0.0785. The number of nitrogens with two attached hydrogens (primary N) is 1. The van der Waals surface area contributed by atoms with Gasteiger partial charge in [-0.3, -0.25) is 4.79 Å². The number of carbonyl (C=O) groups is 1. The number of hydrogen-bond donors (Lipinski definition) is 2. The van der Waals surface area contributed by atoms with Crippen molar-refractivity contribution in [3.63, 3.8) is 0 Å². The second-order valence-electron chi connectivity index (χ2n) is 5.15. The third-order valence-electron chi connectivity index (χ3n) is 3.78. The molecular formula is C14H19ClN2O. The molecule has 1 aliphatic rings. The highest BCUT2D eigenvalue weighted by molar-refractivity contribution is 6.30. The van der Waals surface area contributed by atoms with E-state index in [4.69, 9.17) is 17.3 Å². The zero-order valence-corrected chi connectivity index (χ0v) is 11.3. The Morgan fingerprint density at radius 1 is 1.44 bits per heavy atom. The van der Waals surface area contributed by atoms with E-state index in [1.54, 1.807) is 6.92 Å². The van der Waals surface area contributed by atoms with Crippen LogP contribution in [0, 0.1) is 0 Å². The number of benzene rings is 1. The minimum atomic E-state index is -0.452. The normalized spacial score (nSPS) is 18.8. The van der Waals surface area contributed by atoms with Crippen LogP contribution in [0.15, 0.2) is 24.3 Å². The lowest BCUT2D eigenvalue weighted by Gasteiger charge is -2.42. The first-order valence-electron chi connectivity index (χ1n) is 6.33. The first kappa shape index (κ1) is 13.4. The van der Waals surface area contributed by atoms with Gasteiger partial charge in [0.1, 0.15) is 0 Å². The molecule has 1 fully saturated rings. The molecule has 98 valence electrons. The van der Waals surface area contributed by atoms with Crippen LogP contribution in [0.4, 0.5) is 0 Å². The molecular weight excluding hydrogens is 248 g/mol. The molecule has 1 aliphatic carbocycles. The molecule has 0 heterocycles. The van der Waals surface area contributed by atoms with E-state index in [-0.39, 0.29) is 11.3 Å². The zero-order chi connectivity index (χ0) is 13.2. The molecule has 1 aromatic rings. The smallest absolute Gasteiger partial charge is 0.236 e. The molecule has 3 N–H and O–H groups in total. The van der Waals surface area contributed by atoms with Gasteiger partial charge in [-0.25, -0.2) is 0 Å². The summed E-state index contributed by atoms with van der Waals surface area (Å²) in [6, 6.07) is 7.47. The Bertz CT molecular complexity index is 424. The Labute approximate surface area is 113 Å². The molecule has 1 saturated carbocycles. The molecule has 1 atom stereocenters. The van der Waals surface area contributed by atoms with Crippen LogP contribution < -0.4 is 11.1 Å². The second kappa shape index (κ2) is 5.29. The van der Waals surface area contributed by atoms with Crippen LogP contribution in [0.25, 0.3) is 0 Å². The topological polar surface area (TPSA) is 55.1 Å². The minimum Gasteiger partial charge on any atom is -0.354 e. The molecule has 1 amide bonds. The summed E-state index contributed by atoms with van der Waals surface area (Å²) in [5, 5.41) is 3.68. The predicted octanol–water partition coefficient (Wildman–Crippen LogP) is 2.23. The Hall–Kier alpha value is -1.06. The highest BCUT2D eigenvalue weighted by Crippen LogP contribution is 2.43. The summed E-state index contributed by atoms with van der Waals surface area (Å²) in [4.78, 5) is 11.6. The van der Waals surface area contributed by atoms with Crippen molar-refractivity contribution in [2.24, 2.45) is 5.73 Å². The average Bonchev–Trinajstić information content (AvgIpc) is 2.29. The molecule has 3 nitrogen and oxygen atoms in total. The number of hydrogen-bond acceptors (Lipinski definition) is 2.